The molecule has 6 nitrogen and oxygen atoms in total. The van der Waals surface area contributed by atoms with Crippen molar-refractivity contribution in [2.75, 3.05) is 26.8 Å². The molecule has 34 heavy (non-hydrogen) atoms. The van der Waals surface area contributed by atoms with Gasteiger partial charge in [-0.15, -0.1) is 0 Å². The van der Waals surface area contributed by atoms with Crippen LogP contribution in [0.1, 0.15) is 50.2 Å². The molecule has 0 saturated carbocycles. The van der Waals surface area contributed by atoms with Crippen molar-refractivity contribution >= 4 is 5.91 Å². The van der Waals surface area contributed by atoms with Gasteiger partial charge in [0, 0.05) is 32.0 Å². The molecule has 1 heterocycles. The second-order valence-electron chi connectivity index (χ2n) is 9.90. The van der Waals surface area contributed by atoms with Crippen LogP contribution < -0.4 is 5.73 Å². The van der Waals surface area contributed by atoms with Crippen LogP contribution in [0.4, 0.5) is 0 Å². The fraction of sp³-hybridized carbons (Fsp3) is 0.429. The highest BCUT2D eigenvalue weighted by molar-refractivity contribution is 5.78. The van der Waals surface area contributed by atoms with Gasteiger partial charge in [0.2, 0.25) is 5.91 Å². The van der Waals surface area contributed by atoms with E-state index in [-0.39, 0.29) is 24.0 Å². The molecule has 3 aromatic rings. The molecule has 0 unspecified atom stereocenters. The molecule has 0 radical (unpaired) electrons. The number of carbonyl (C=O) groups is 1. The summed E-state index contributed by atoms with van der Waals surface area (Å²) in [5.41, 5.74) is 9.94. The number of aromatic nitrogens is 2. The van der Waals surface area contributed by atoms with Crippen LogP contribution in [0, 0.1) is 12.3 Å². The zero-order valence-electron chi connectivity index (χ0n) is 21.1. The normalized spacial score (nSPS) is 12.5. The van der Waals surface area contributed by atoms with Crippen molar-refractivity contribution in [3.05, 3.63) is 77.7 Å². The lowest BCUT2D eigenvalue weighted by Crippen LogP contribution is -2.45. The molecule has 3 rings (SSSR count). The Kier molecular flexibility index (Phi) is 8.64. The summed E-state index contributed by atoms with van der Waals surface area (Å²) in [5, 5.41) is 0. The maximum Gasteiger partial charge on any atom is 0.249 e. The van der Waals surface area contributed by atoms with Gasteiger partial charge in [0.15, 0.2) is 0 Å². The Morgan fingerprint density at radius 2 is 1.88 bits per heavy atom. The minimum Gasteiger partial charge on any atom is -0.375 e. The summed E-state index contributed by atoms with van der Waals surface area (Å²) in [6, 6.07) is 18.4. The largest absolute Gasteiger partial charge is 0.375 e. The Morgan fingerprint density at radius 3 is 2.50 bits per heavy atom. The number of hydrogen-bond acceptors (Lipinski definition) is 4. The number of ether oxygens (including phenoxy) is 1. The van der Waals surface area contributed by atoms with Gasteiger partial charge in [0.25, 0.3) is 0 Å². The van der Waals surface area contributed by atoms with Crippen LogP contribution in [0.5, 0.6) is 0 Å². The first-order chi connectivity index (χ1) is 16.2. The maximum absolute atomic E-state index is 13.2. The van der Waals surface area contributed by atoms with Crippen LogP contribution in [-0.4, -0.2) is 47.2 Å². The molecule has 1 atom stereocenters. The zero-order valence-corrected chi connectivity index (χ0v) is 21.1. The van der Waals surface area contributed by atoms with Crippen molar-refractivity contribution in [3.8, 4) is 11.3 Å². The molecule has 0 aliphatic rings. The molecule has 2 aromatic carbocycles. The average Bonchev–Trinajstić information content (AvgIpc) is 3.19. The lowest BCUT2D eigenvalue weighted by molar-refractivity contribution is -0.140. The second kappa shape index (κ2) is 11.4. The van der Waals surface area contributed by atoms with Crippen molar-refractivity contribution < 1.29 is 9.53 Å². The third kappa shape index (κ3) is 6.33. The SMILES string of the molecule is COCC(=O)N(CCCN)[C@@H](c1nc(-c2ccccc2)cn1Cc1cccc(C)c1)C(C)(C)C. The molecular formula is C28H38N4O2. The number of methoxy groups -OCH3 is 1. The molecule has 0 bridgehead atoms. The Bertz CT molecular complexity index is 1070. The number of aryl methyl sites for hydroxylation is 1. The molecule has 0 saturated heterocycles. The highest BCUT2D eigenvalue weighted by Gasteiger charge is 2.38. The van der Waals surface area contributed by atoms with Crippen molar-refractivity contribution in [2.45, 2.75) is 46.7 Å². The number of carbonyl (C=O) groups excluding carboxylic acids is 1. The maximum atomic E-state index is 13.2. The van der Waals surface area contributed by atoms with E-state index in [1.165, 1.54) is 11.1 Å². The van der Waals surface area contributed by atoms with E-state index in [9.17, 15) is 4.79 Å². The van der Waals surface area contributed by atoms with Gasteiger partial charge in [0.1, 0.15) is 12.4 Å². The Hall–Kier alpha value is -2.96. The van der Waals surface area contributed by atoms with E-state index in [4.69, 9.17) is 15.5 Å². The molecule has 182 valence electrons. The summed E-state index contributed by atoms with van der Waals surface area (Å²) in [5.74, 6) is 0.816. The van der Waals surface area contributed by atoms with Crippen molar-refractivity contribution in [1.82, 2.24) is 14.5 Å². The van der Waals surface area contributed by atoms with Crippen LogP contribution in [0.15, 0.2) is 60.8 Å². The van der Waals surface area contributed by atoms with Gasteiger partial charge in [-0.3, -0.25) is 4.79 Å². The van der Waals surface area contributed by atoms with Gasteiger partial charge in [-0.2, -0.15) is 0 Å². The van der Waals surface area contributed by atoms with Crippen LogP contribution in [0.25, 0.3) is 11.3 Å². The molecule has 2 N–H and O–H groups in total. The smallest absolute Gasteiger partial charge is 0.249 e. The fourth-order valence-electron chi connectivity index (χ4n) is 4.39. The zero-order chi connectivity index (χ0) is 24.7. The van der Waals surface area contributed by atoms with Crippen molar-refractivity contribution in [1.29, 1.82) is 0 Å². The van der Waals surface area contributed by atoms with Gasteiger partial charge in [-0.1, -0.05) is 80.9 Å². The topological polar surface area (TPSA) is 73.4 Å². The second-order valence-corrected chi connectivity index (χ2v) is 9.90. The number of nitrogens with zero attached hydrogens (tertiary/aromatic N) is 3. The molecular weight excluding hydrogens is 424 g/mol. The fourth-order valence-corrected chi connectivity index (χ4v) is 4.39. The Labute approximate surface area is 203 Å². The van der Waals surface area contributed by atoms with Crippen LogP contribution in [0.3, 0.4) is 0 Å². The molecule has 1 aromatic heterocycles. The lowest BCUT2D eigenvalue weighted by atomic mass is 9.84. The van der Waals surface area contributed by atoms with E-state index < -0.39 is 0 Å². The molecule has 1 amide bonds. The summed E-state index contributed by atoms with van der Waals surface area (Å²) in [7, 11) is 1.55. The van der Waals surface area contributed by atoms with E-state index in [0.29, 0.717) is 26.1 Å². The minimum absolute atomic E-state index is 0.0290. The van der Waals surface area contributed by atoms with Gasteiger partial charge < -0.3 is 19.9 Å². The monoisotopic (exact) mass is 462 g/mol. The lowest BCUT2D eigenvalue weighted by Gasteiger charge is -2.40. The average molecular weight is 463 g/mol. The van der Waals surface area contributed by atoms with Gasteiger partial charge in [-0.05, 0) is 30.9 Å². The number of hydrogen-bond donors (Lipinski definition) is 1. The third-order valence-electron chi connectivity index (χ3n) is 5.88. The summed E-state index contributed by atoms with van der Waals surface area (Å²) in [4.78, 5) is 20.3. The van der Waals surface area contributed by atoms with Crippen molar-refractivity contribution in [2.24, 2.45) is 11.1 Å². The van der Waals surface area contributed by atoms with Gasteiger partial charge >= 0.3 is 0 Å². The Morgan fingerprint density at radius 1 is 1.15 bits per heavy atom. The van der Waals surface area contributed by atoms with Gasteiger partial charge in [0.05, 0.1) is 11.7 Å². The quantitative estimate of drug-likeness (QED) is 0.469. The van der Waals surface area contributed by atoms with E-state index in [1.807, 2.05) is 23.1 Å². The minimum atomic E-state index is -0.262. The molecule has 0 aliphatic carbocycles. The van der Waals surface area contributed by atoms with Crippen LogP contribution in [-0.2, 0) is 16.1 Å². The predicted octanol–water partition coefficient (Wildman–Crippen LogP) is 4.82. The number of imidazole rings is 1. The van der Waals surface area contributed by atoms with Crippen molar-refractivity contribution in [3.63, 3.8) is 0 Å². The summed E-state index contributed by atoms with van der Waals surface area (Å²) in [6.45, 7) is 10.3. The summed E-state index contributed by atoms with van der Waals surface area (Å²) >= 11 is 0. The number of rotatable bonds is 10. The Balaban J connectivity index is 2.15. The standard InChI is InChI=1S/C28H38N4O2/c1-21-11-9-12-22(17-21)18-31-19-24(23-13-7-6-8-14-23)30-27(31)26(28(2,3)4)32(16-10-15-29)25(33)20-34-5/h6-9,11-14,17,19,26H,10,15-16,18,20,29H2,1-5H3/t26-/m0/s1. The van der Waals surface area contributed by atoms with Gasteiger partial charge in [-0.25, -0.2) is 4.98 Å². The highest BCUT2D eigenvalue weighted by atomic mass is 16.5. The third-order valence-corrected chi connectivity index (χ3v) is 5.88. The first kappa shape index (κ1) is 25.7. The highest BCUT2D eigenvalue weighted by Crippen LogP contribution is 2.39. The first-order valence-electron chi connectivity index (χ1n) is 11.9. The van der Waals surface area contributed by atoms with Crippen LogP contribution in [0.2, 0.25) is 0 Å². The number of nitrogens with two attached hydrogens (primary N) is 1. The van der Waals surface area contributed by atoms with Crippen LogP contribution >= 0.6 is 0 Å². The van der Waals surface area contributed by atoms with E-state index >= 15 is 0 Å². The molecule has 6 heteroatoms. The number of amides is 1. The van der Waals surface area contributed by atoms with E-state index in [2.05, 4.69) is 74.9 Å². The number of benzene rings is 2. The molecule has 0 spiro atoms. The first-order valence-corrected chi connectivity index (χ1v) is 11.9. The summed E-state index contributed by atoms with van der Waals surface area (Å²) in [6.07, 6.45) is 2.82. The molecule has 0 fully saturated rings. The predicted molar refractivity (Wildman–Crippen MR) is 137 cm³/mol. The van der Waals surface area contributed by atoms with E-state index in [0.717, 1.165) is 17.1 Å². The van der Waals surface area contributed by atoms with E-state index in [1.54, 1.807) is 7.11 Å². The molecule has 0 aliphatic heterocycles. The summed E-state index contributed by atoms with van der Waals surface area (Å²) < 4.78 is 7.42.